The van der Waals surface area contributed by atoms with Gasteiger partial charge in [0.1, 0.15) is 0 Å². The van der Waals surface area contributed by atoms with Crippen LogP contribution in [0.3, 0.4) is 0 Å². The molecule has 20 heavy (non-hydrogen) atoms. The molecule has 1 saturated heterocycles. The molecule has 0 aromatic heterocycles. The number of nitrogens with zero attached hydrogens (tertiary/aromatic N) is 1. The third-order valence-corrected chi connectivity index (χ3v) is 4.92. The van der Waals surface area contributed by atoms with E-state index in [1.54, 1.807) is 0 Å². The van der Waals surface area contributed by atoms with Crippen LogP contribution in [0, 0.1) is 5.92 Å². The van der Waals surface area contributed by atoms with Crippen molar-refractivity contribution in [3.8, 4) is 0 Å². The van der Waals surface area contributed by atoms with Gasteiger partial charge in [0.25, 0.3) is 5.91 Å². The van der Waals surface area contributed by atoms with Crippen LogP contribution < -0.4 is 5.73 Å². The second kappa shape index (κ2) is 5.96. The quantitative estimate of drug-likeness (QED) is 0.919. The number of rotatable bonds is 3. The maximum atomic E-state index is 12.9. The number of amides is 1. The van der Waals surface area contributed by atoms with Crippen molar-refractivity contribution < 1.29 is 4.79 Å². The summed E-state index contributed by atoms with van der Waals surface area (Å²) in [4.78, 5) is 15.1. The molecule has 1 amide bonds. The molecule has 1 saturated carbocycles. The van der Waals surface area contributed by atoms with Gasteiger partial charge < -0.3 is 10.6 Å². The third-order valence-electron chi connectivity index (χ3n) is 4.92. The second-order valence-electron chi connectivity index (χ2n) is 6.09. The molecular formula is C17H24N2O. The lowest BCUT2D eigenvalue weighted by atomic mass is 9.91. The number of likely N-dealkylation sites (tertiary alicyclic amines) is 1. The summed E-state index contributed by atoms with van der Waals surface area (Å²) in [5.74, 6) is 0.972. The van der Waals surface area contributed by atoms with Gasteiger partial charge in [0.2, 0.25) is 0 Å². The highest BCUT2D eigenvalue weighted by Gasteiger charge is 2.37. The summed E-state index contributed by atoms with van der Waals surface area (Å²) in [5.41, 5.74) is 7.63. The van der Waals surface area contributed by atoms with Gasteiger partial charge in [0.05, 0.1) is 0 Å². The predicted octanol–water partition coefficient (Wildman–Crippen LogP) is 2.59. The van der Waals surface area contributed by atoms with Gasteiger partial charge in [-0.25, -0.2) is 0 Å². The molecule has 0 bridgehead atoms. The van der Waals surface area contributed by atoms with Crippen molar-refractivity contribution in [3.05, 3.63) is 35.4 Å². The number of piperidine rings is 1. The van der Waals surface area contributed by atoms with Crippen LogP contribution in [0.2, 0.25) is 0 Å². The Labute approximate surface area is 121 Å². The third kappa shape index (κ3) is 2.47. The lowest BCUT2D eigenvalue weighted by molar-refractivity contribution is 0.0547. The van der Waals surface area contributed by atoms with Crippen LogP contribution in [-0.4, -0.2) is 29.9 Å². The Morgan fingerprint density at radius 3 is 2.85 bits per heavy atom. The average Bonchev–Trinajstić information content (AvgIpc) is 2.96. The minimum absolute atomic E-state index is 0.227. The minimum atomic E-state index is 0.227. The Bertz CT molecular complexity index is 486. The van der Waals surface area contributed by atoms with Gasteiger partial charge in [-0.1, -0.05) is 24.6 Å². The van der Waals surface area contributed by atoms with Crippen molar-refractivity contribution in [1.82, 2.24) is 4.90 Å². The van der Waals surface area contributed by atoms with Crippen molar-refractivity contribution >= 4 is 5.91 Å². The molecule has 1 aliphatic heterocycles. The molecule has 2 N–H and O–H groups in total. The van der Waals surface area contributed by atoms with Crippen LogP contribution >= 0.6 is 0 Å². The second-order valence-corrected chi connectivity index (χ2v) is 6.09. The molecule has 1 aromatic rings. The monoisotopic (exact) mass is 272 g/mol. The number of hydrogen-bond acceptors (Lipinski definition) is 2. The van der Waals surface area contributed by atoms with Crippen molar-refractivity contribution in [2.75, 3.05) is 13.1 Å². The first-order valence-electron chi connectivity index (χ1n) is 7.90. The van der Waals surface area contributed by atoms with Gasteiger partial charge in [-0.3, -0.25) is 4.79 Å². The Kier molecular flexibility index (Phi) is 4.06. The van der Waals surface area contributed by atoms with Gasteiger partial charge in [-0.05, 0) is 56.2 Å². The fraction of sp³-hybridized carbons (Fsp3) is 0.588. The number of hydrogen-bond donors (Lipinski definition) is 1. The van der Waals surface area contributed by atoms with E-state index in [4.69, 9.17) is 5.73 Å². The topological polar surface area (TPSA) is 46.3 Å². The van der Waals surface area contributed by atoms with Gasteiger partial charge in [-0.2, -0.15) is 0 Å². The summed E-state index contributed by atoms with van der Waals surface area (Å²) >= 11 is 0. The molecule has 1 heterocycles. The molecule has 108 valence electrons. The van der Waals surface area contributed by atoms with E-state index in [0.29, 0.717) is 12.6 Å². The highest BCUT2D eigenvalue weighted by molar-refractivity contribution is 5.96. The Balaban J connectivity index is 1.84. The lowest BCUT2D eigenvalue weighted by Gasteiger charge is -2.38. The van der Waals surface area contributed by atoms with Crippen molar-refractivity contribution in [2.24, 2.45) is 11.7 Å². The van der Waals surface area contributed by atoms with Crippen molar-refractivity contribution in [2.45, 2.75) is 44.6 Å². The maximum absolute atomic E-state index is 12.9. The SMILES string of the molecule is NCCc1ccccc1C(=O)N1CCCC2CCCC21. The smallest absolute Gasteiger partial charge is 0.254 e. The summed E-state index contributed by atoms with van der Waals surface area (Å²) < 4.78 is 0. The summed E-state index contributed by atoms with van der Waals surface area (Å²) in [7, 11) is 0. The van der Waals surface area contributed by atoms with E-state index in [-0.39, 0.29) is 5.91 Å². The molecule has 3 heteroatoms. The fourth-order valence-electron chi connectivity index (χ4n) is 3.96. The summed E-state index contributed by atoms with van der Waals surface area (Å²) in [6.07, 6.45) is 7.02. The number of carbonyl (C=O) groups is 1. The van der Waals surface area contributed by atoms with Crippen LogP contribution in [0.15, 0.2) is 24.3 Å². The highest BCUT2D eigenvalue weighted by atomic mass is 16.2. The molecule has 1 aliphatic carbocycles. The first kappa shape index (κ1) is 13.6. The van der Waals surface area contributed by atoms with Crippen LogP contribution in [-0.2, 0) is 6.42 Å². The minimum Gasteiger partial charge on any atom is -0.335 e. The molecule has 2 atom stereocenters. The van der Waals surface area contributed by atoms with Gasteiger partial charge >= 0.3 is 0 Å². The lowest BCUT2D eigenvalue weighted by Crippen LogP contribution is -2.46. The standard InChI is InChI=1S/C17H24N2O/c18-11-10-13-5-1-2-8-15(13)17(20)19-12-4-7-14-6-3-9-16(14)19/h1-2,5,8,14,16H,3-4,6-7,9-12,18H2. The van der Waals surface area contributed by atoms with Crippen LogP contribution in [0.1, 0.15) is 48.0 Å². The molecule has 2 aliphatic rings. The van der Waals surface area contributed by atoms with Crippen molar-refractivity contribution in [1.29, 1.82) is 0 Å². The normalized spacial score (nSPS) is 25.6. The number of fused-ring (bicyclic) bond motifs is 1. The first-order chi connectivity index (χ1) is 9.81. The summed E-state index contributed by atoms with van der Waals surface area (Å²) in [5, 5.41) is 0. The van der Waals surface area contributed by atoms with E-state index < -0.39 is 0 Å². The van der Waals surface area contributed by atoms with E-state index in [1.807, 2.05) is 24.3 Å². The van der Waals surface area contributed by atoms with Crippen molar-refractivity contribution in [3.63, 3.8) is 0 Å². The predicted molar refractivity (Wildman–Crippen MR) is 80.6 cm³/mol. The molecule has 3 rings (SSSR count). The zero-order chi connectivity index (χ0) is 13.9. The zero-order valence-electron chi connectivity index (χ0n) is 12.1. The van der Waals surface area contributed by atoms with E-state index in [1.165, 1.54) is 25.7 Å². The van der Waals surface area contributed by atoms with E-state index in [0.717, 1.165) is 36.4 Å². The van der Waals surface area contributed by atoms with E-state index in [2.05, 4.69) is 4.90 Å². The molecule has 2 fully saturated rings. The van der Waals surface area contributed by atoms with Gasteiger partial charge in [0, 0.05) is 18.2 Å². The molecule has 2 unspecified atom stereocenters. The van der Waals surface area contributed by atoms with Gasteiger partial charge in [0.15, 0.2) is 0 Å². The molecule has 3 nitrogen and oxygen atoms in total. The average molecular weight is 272 g/mol. The maximum Gasteiger partial charge on any atom is 0.254 e. The summed E-state index contributed by atoms with van der Waals surface area (Å²) in [6, 6.07) is 8.45. The van der Waals surface area contributed by atoms with Crippen LogP contribution in [0.4, 0.5) is 0 Å². The highest BCUT2D eigenvalue weighted by Crippen LogP contribution is 2.37. The van der Waals surface area contributed by atoms with E-state index in [9.17, 15) is 4.79 Å². The first-order valence-corrected chi connectivity index (χ1v) is 7.90. The number of nitrogens with two attached hydrogens (primary N) is 1. The fourth-order valence-corrected chi connectivity index (χ4v) is 3.96. The zero-order valence-corrected chi connectivity index (χ0v) is 12.1. The number of carbonyl (C=O) groups excluding carboxylic acids is 1. The molecule has 0 radical (unpaired) electrons. The Morgan fingerprint density at radius 2 is 2.00 bits per heavy atom. The summed E-state index contributed by atoms with van der Waals surface area (Å²) in [6.45, 7) is 1.52. The Hall–Kier alpha value is -1.35. The Morgan fingerprint density at radius 1 is 1.20 bits per heavy atom. The van der Waals surface area contributed by atoms with Crippen LogP contribution in [0.25, 0.3) is 0 Å². The molecular weight excluding hydrogens is 248 g/mol. The van der Waals surface area contributed by atoms with Crippen LogP contribution in [0.5, 0.6) is 0 Å². The largest absolute Gasteiger partial charge is 0.335 e. The molecule has 0 spiro atoms. The number of benzene rings is 1. The molecule has 1 aromatic carbocycles. The van der Waals surface area contributed by atoms with E-state index >= 15 is 0 Å². The van der Waals surface area contributed by atoms with Gasteiger partial charge in [-0.15, -0.1) is 0 Å².